The monoisotopic (exact) mass is 155 g/mol. The summed E-state index contributed by atoms with van der Waals surface area (Å²) in [5, 5.41) is 6.72. The minimum absolute atomic E-state index is 0.146. The second-order valence-corrected chi connectivity index (χ2v) is 2.83. The van der Waals surface area contributed by atoms with Gasteiger partial charge in [0.2, 0.25) is 0 Å². The minimum atomic E-state index is 0.146. The van der Waals surface area contributed by atoms with Crippen LogP contribution in [0, 0.1) is 5.41 Å². The molecule has 0 saturated carbocycles. The first-order valence-corrected chi connectivity index (χ1v) is 4.00. The maximum Gasteiger partial charge on any atom is 0.112 e. The summed E-state index contributed by atoms with van der Waals surface area (Å²) in [6.45, 7) is 2.15. The second-order valence-electron chi connectivity index (χ2n) is 2.83. The molecule has 0 fully saturated rings. The van der Waals surface area contributed by atoms with Crippen LogP contribution in [0.4, 0.5) is 0 Å². The van der Waals surface area contributed by atoms with E-state index in [1.54, 1.807) is 0 Å². The summed E-state index contributed by atoms with van der Waals surface area (Å²) in [6, 6.07) is 2.09. The summed E-state index contributed by atoms with van der Waals surface area (Å²) in [5.41, 5.74) is 0. The number of aliphatic imine (C=N–C) groups is 1. The first kappa shape index (κ1) is 10.3. The molecule has 3 nitrogen and oxygen atoms in total. The second kappa shape index (κ2) is 6.08. The summed E-state index contributed by atoms with van der Waals surface area (Å²) < 4.78 is 0. The molecule has 0 aliphatic rings. The number of hydrogen-bond donors (Lipinski definition) is 1. The lowest BCUT2D eigenvalue weighted by molar-refractivity contribution is 0.283. The van der Waals surface area contributed by atoms with Gasteiger partial charge in [0, 0.05) is 0 Å². The Morgan fingerprint density at radius 3 is 2.55 bits per heavy atom. The van der Waals surface area contributed by atoms with Gasteiger partial charge in [-0.1, -0.05) is 19.8 Å². The minimum Gasteiger partial charge on any atom is -0.287 e. The molecule has 1 unspecified atom stereocenters. The van der Waals surface area contributed by atoms with Gasteiger partial charge in [0.25, 0.3) is 0 Å². The molecule has 0 aromatic carbocycles. The molecule has 0 aliphatic heterocycles. The van der Waals surface area contributed by atoms with E-state index >= 15 is 0 Å². The number of nitrogens with one attached hydrogen (secondary N) is 1. The fourth-order valence-corrected chi connectivity index (χ4v) is 0.899. The fourth-order valence-electron chi connectivity index (χ4n) is 0.899. The van der Waals surface area contributed by atoms with Crippen molar-refractivity contribution in [3.05, 3.63) is 0 Å². The van der Waals surface area contributed by atoms with Crippen molar-refractivity contribution in [1.82, 2.24) is 4.90 Å². The Morgan fingerprint density at radius 2 is 2.18 bits per heavy atom. The van der Waals surface area contributed by atoms with Gasteiger partial charge in [-0.15, -0.1) is 0 Å². The van der Waals surface area contributed by atoms with Gasteiger partial charge in [-0.05, 0) is 20.5 Å². The van der Waals surface area contributed by atoms with Crippen molar-refractivity contribution in [2.75, 3.05) is 14.1 Å². The van der Waals surface area contributed by atoms with Crippen molar-refractivity contribution in [2.45, 2.75) is 32.4 Å². The van der Waals surface area contributed by atoms with E-state index in [-0.39, 0.29) is 6.17 Å². The van der Waals surface area contributed by atoms with Crippen LogP contribution >= 0.6 is 0 Å². The number of rotatable bonds is 5. The molecule has 0 saturated heterocycles. The molecular weight excluding hydrogens is 138 g/mol. The highest BCUT2D eigenvalue weighted by Gasteiger charge is 2.06. The standard InChI is InChI=1S/C8H17N3/c1-4-5-6-8(10-7-9)11(2)3/h8-9H,4-6H2,1-3H3. The van der Waals surface area contributed by atoms with E-state index in [1.807, 2.05) is 19.0 Å². The maximum atomic E-state index is 6.72. The van der Waals surface area contributed by atoms with Crippen LogP contribution in [0.2, 0.25) is 0 Å². The normalized spacial score (nSPS) is 12.7. The summed E-state index contributed by atoms with van der Waals surface area (Å²) in [4.78, 5) is 5.91. The molecule has 0 aromatic heterocycles. The average molecular weight is 155 g/mol. The Hall–Kier alpha value is -0.660. The van der Waals surface area contributed by atoms with Gasteiger partial charge in [-0.3, -0.25) is 4.90 Å². The molecule has 0 spiro atoms. The van der Waals surface area contributed by atoms with Gasteiger partial charge < -0.3 is 0 Å². The van der Waals surface area contributed by atoms with Crippen LogP contribution in [0.3, 0.4) is 0 Å². The van der Waals surface area contributed by atoms with Crippen molar-refractivity contribution in [3.63, 3.8) is 0 Å². The Labute approximate surface area is 68.6 Å². The van der Waals surface area contributed by atoms with E-state index in [4.69, 9.17) is 5.41 Å². The van der Waals surface area contributed by atoms with Crippen molar-refractivity contribution in [3.8, 4) is 0 Å². The van der Waals surface area contributed by atoms with E-state index in [9.17, 15) is 0 Å². The largest absolute Gasteiger partial charge is 0.287 e. The molecule has 1 N–H and O–H groups in total. The highest BCUT2D eigenvalue weighted by atomic mass is 15.2. The molecule has 0 aliphatic carbocycles. The van der Waals surface area contributed by atoms with Crippen LogP contribution < -0.4 is 0 Å². The number of unbranched alkanes of at least 4 members (excludes halogenated alkanes) is 1. The van der Waals surface area contributed by atoms with E-state index in [0.717, 1.165) is 12.8 Å². The molecule has 1 atom stereocenters. The van der Waals surface area contributed by atoms with E-state index in [2.05, 4.69) is 17.9 Å². The lowest BCUT2D eigenvalue weighted by Crippen LogP contribution is -2.25. The SMILES string of the molecule is CCCCC(N=C=N)N(C)C. The molecule has 0 radical (unpaired) electrons. The van der Waals surface area contributed by atoms with Crippen molar-refractivity contribution in [2.24, 2.45) is 4.99 Å². The molecule has 0 amide bonds. The molecule has 0 aromatic rings. The van der Waals surface area contributed by atoms with Crippen molar-refractivity contribution in [1.29, 1.82) is 5.41 Å². The number of hydrogen-bond acceptors (Lipinski definition) is 3. The van der Waals surface area contributed by atoms with Crippen LogP contribution in [-0.4, -0.2) is 31.2 Å². The Bertz CT molecular complexity index is 136. The quantitative estimate of drug-likeness (QED) is 0.604. The van der Waals surface area contributed by atoms with Crippen molar-refractivity contribution < 1.29 is 0 Å². The van der Waals surface area contributed by atoms with Crippen LogP contribution in [0.1, 0.15) is 26.2 Å². The van der Waals surface area contributed by atoms with Gasteiger partial charge in [0.05, 0.1) is 6.01 Å². The smallest absolute Gasteiger partial charge is 0.112 e. The molecule has 64 valence electrons. The van der Waals surface area contributed by atoms with E-state index < -0.39 is 0 Å². The fraction of sp³-hybridized carbons (Fsp3) is 0.875. The third kappa shape index (κ3) is 4.71. The van der Waals surface area contributed by atoms with E-state index in [1.165, 1.54) is 6.42 Å². The van der Waals surface area contributed by atoms with Crippen LogP contribution in [0.5, 0.6) is 0 Å². The van der Waals surface area contributed by atoms with Crippen molar-refractivity contribution >= 4 is 6.01 Å². The van der Waals surface area contributed by atoms with Crippen LogP contribution in [0.15, 0.2) is 4.99 Å². The Morgan fingerprint density at radius 1 is 1.55 bits per heavy atom. The van der Waals surface area contributed by atoms with Gasteiger partial charge in [0.1, 0.15) is 6.17 Å². The van der Waals surface area contributed by atoms with Gasteiger partial charge >= 0.3 is 0 Å². The zero-order valence-electron chi connectivity index (χ0n) is 7.59. The van der Waals surface area contributed by atoms with Crippen LogP contribution in [0.25, 0.3) is 0 Å². The highest BCUT2D eigenvalue weighted by molar-refractivity contribution is 5.36. The lowest BCUT2D eigenvalue weighted by atomic mass is 10.2. The lowest BCUT2D eigenvalue weighted by Gasteiger charge is -2.17. The first-order valence-electron chi connectivity index (χ1n) is 4.00. The number of nitrogens with zero attached hydrogens (tertiary/aromatic N) is 2. The predicted octanol–water partition coefficient (Wildman–Crippen LogP) is 1.82. The summed E-state index contributed by atoms with van der Waals surface area (Å²) in [5.74, 6) is 0. The van der Waals surface area contributed by atoms with E-state index in [0.29, 0.717) is 0 Å². The Kier molecular flexibility index (Phi) is 5.71. The summed E-state index contributed by atoms with van der Waals surface area (Å²) in [7, 11) is 3.95. The summed E-state index contributed by atoms with van der Waals surface area (Å²) in [6.07, 6.45) is 3.51. The maximum absolute atomic E-state index is 6.72. The van der Waals surface area contributed by atoms with Gasteiger partial charge in [0.15, 0.2) is 0 Å². The zero-order chi connectivity index (χ0) is 8.69. The molecule has 0 bridgehead atoms. The molecule has 3 heteroatoms. The third-order valence-electron chi connectivity index (χ3n) is 1.63. The third-order valence-corrected chi connectivity index (χ3v) is 1.63. The van der Waals surface area contributed by atoms with Gasteiger partial charge in [-0.2, -0.15) is 0 Å². The Balaban J connectivity index is 3.79. The van der Waals surface area contributed by atoms with Gasteiger partial charge in [-0.25, -0.2) is 10.4 Å². The zero-order valence-corrected chi connectivity index (χ0v) is 7.59. The molecule has 0 rings (SSSR count). The topological polar surface area (TPSA) is 39.5 Å². The molecular formula is C8H17N3. The molecule has 11 heavy (non-hydrogen) atoms. The van der Waals surface area contributed by atoms with Crippen LogP contribution in [-0.2, 0) is 0 Å². The molecule has 0 heterocycles. The highest BCUT2D eigenvalue weighted by Crippen LogP contribution is 2.05. The first-order chi connectivity index (χ1) is 5.22. The summed E-state index contributed by atoms with van der Waals surface area (Å²) >= 11 is 0. The predicted molar refractivity (Wildman–Crippen MR) is 47.2 cm³/mol. The average Bonchev–Trinajstić information content (AvgIpc) is 1.97.